The summed E-state index contributed by atoms with van der Waals surface area (Å²) in [5.74, 6) is 1.24. The molecule has 1 aliphatic heterocycles. The average Bonchev–Trinajstić information content (AvgIpc) is 2.79. The van der Waals surface area contributed by atoms with E-state index in [0.717, 1.165) is 25.1 Å². The maximum absolute atomic E-state index is 12.3. The molecule has 2 aliphatic rings. The summed E-state index contributed by atoms with van der Waals surface area (Å²) in [4.78, 5) is 12.3. The van der Waals surface area contributed by atoms with Crippen LogP contribution < -0.4 is 5.32 Å². The normalized spacial score (nSPS) is 24.6. The molecule has 1 aromatic carbocycles. The summed E-state index contributed by atoms with van der Waals surface area (Å²) >= 11 is 0. The lowest BCUT2D eigenvalue weighted by Crippen LogP contribution is -2.18. The number of benzene rings is 1. The Hall–Kier alpha value is -1.15. The summed E-state index contributed by atoms with van der Waals surface area (Å²) in [6, 6.07) is 8.32. The standard InChI is InChI=1S/C15H19NO/c17-15(14-7-8-16-10-14)13-6-2-5-12(9-13)11-3-1-4-11/h2,5-6,9,11,14,16H,1,3-4,7-8,10H2. The number of carbonyl (C=O) groups is 1. The summed E-state index contributed by atoms with van der Waals surface area (Å²) in [5, 5.41) is 3.26. The van der Waals surface area contributed by atoms with Crippen LogP contribution in [0.25, 0.3) is 0 Å². The second kappa shape index (κ2) is 4.61. The third kappa shape index (κ3) is 2.14. The molecule has 1 saturated heterocycles. The number of hydrogen-bond donors (Lipinski definition) is 1. The van der Waals surface area contributed by atoms with Gasteiger partial charge < -0.3 is 5.32 Å². The van der Waals surface area contributed by atoms with Gasteiger partial charge in [-0.05, 0) is 43.4 Å². The third-order valence-corrected chi connectivity index (χ3v) is 4.18. The lowest BCUT2D eigenvalue weighted by Gasteiger charge is -2.26. The van der Waals surface area contributed by atoms with Crippen molar-refractivity contribution in [3.8, 4) is 0 Å². The van der Waals surface area contributed by atoms with Crippen LogP contribution in [0.5, 0.6) is 0 Å². The van der Waals surface area contributed by atoms with Crippen LogP contribution in [-0.4, -0.2) is 18.9 Å². The van der Waals surface area contributed by atoms with Crippen LogP contribution in [0.2, 0.25) is 0 Å². The van der Waals surface area contributed by atoms with Crippen LogP contribution in [0, 0.1) is 5.92 Å². The zero-order valence-electron chi connectivity index (χ0n) is 10.1. The van der Waals surface area contributed by atoms with E-state index >= 15 is 0 Å². The lowest BCUT2D eigenvalue weighted by molar-refractivity contribution is 0.0930. The Labute approximate surface area is 102 Å². The number of ketones is 1. The van der Waals surface area contributed by atoms with E-state index in [4.69, 9.17) is 0 Å². The highest BCUT2D eigenvalue weighted by atomic mass is 16.1. The van der Waals surface area contributed by atoms with E-state index in [-0.39, 0.29) is 5.92 Å². The molecule has 2 fully saturated rings. The van der Waals surface area contributed by atoms with Gasteiger partial charge >= 0.3 is 0 Å². The molecule has 0 amide bonds. The van der Waals surface area contributed by atoms with Crippen LogP contribution in [0.3, 0.4) is 0 Å². The van der Waals surface area contributed by atoms with Crippen molar-refractivity contribution in [2.75, 3.05) is 13.1 Å². The number of nitrogens with one attached hydrogen (secondary N) is 1. The van der Waals surface area contributed by atoms with Crippen molar-refractivity contribution in [3.05, 3.63) is 35.4 Å². The SMILES string of the molecule is O=C(c1cccc(C2CCC2)c1)C1CCNC1. The van der Waals surface area contributed by atoms with Gasteiger partial charge in [0.2, 0.25) is 0 Å². The molecule has 2 heteroatoms. The molecule has 0 spiro atoms. The summed E-state index contributed by atoms with van der Waals surface area (Å²) in [5.41, 5.74) is 2.29. The van der Waals surface area contributed by atoms with Crippen LogP contribution in [0.15, 0.2) is 24.3 Å². The first-order valence-electron chi connectivity index (χ1n) is 6.69. The van der Waals surface area contributed by atoms with Crippen molar-refractivity contribution < 1.29 is 4.79 Å². The third-order valence-electron chi connectivity index (χ3n) is 4.18. The minimum Gasteiger partial charge on any atom is -0.316 e. The second-order valence-electron chi connectivity index (χ2n) is 5.31. The van der Waals surface area contributed by atoms with E-state index in [1.165, 1.54) is 24.8 Å². The van der Waals surface area contributed by atoms with E-state index < -0.39 is 0 Å². The predicted octanol–water partition coefficient (Wildman–Crippen LogP) is 2.75. The molecule has 1 unspecified atom stereocenters. The Morgan fingerprint density at radius 1 is 1.24 bits per heavy atom. The van der Waals surface area contributed by atoms with E-state index in [9.17, 15) is 4.79 Å². The first-order valence-corrected chi connectivity index (χ1v) is 6.69. The van der Waals surface area contributed by atoms with E-state index in [0.29, 0.717) is 11.7 Å². The van der Waals surface area contributed by atoms with Gasteiger partial charge in [0.25, 0.3) is 0 Å². The van der Waals surface area contributed by atoms with Crippen molar-refractivity contribution in [2.24, 2.45) is 5.92 Å². The Bertz CT molecular complexity index is 417. The lowest BCUT2D eigenvalue weighted by atomic mass is 9.79. The van der Waals surface area contributed by atoms with Crippen molar-refractivity contribution >= 4 is 5.78 Å². The summed E-state index contributed by atoms with van der Waals surface area (Å²) in [6.45, 7) is 1.84. The average molecular weight is 229 g/mol. The molecule has 2 nitrogen and oxygen atoms in total. The van der Waals surface area contributed by atoms with Crippen molar-refractivity contribution in [2.45, 2.75) is 31.6 Å². The maximum Gasteiger partial charge on any atom is 0.167 e. The highest BCUT2D eigenvalue weighted by Gasteiger charge is 2.25. The minimum absolute atomic E-state index is 0.201. The fourth-order valence-electron chi connectivity index (χ4n) is 2.80. The molecular weight excluding hydrogens is 210 g/mol. The number of hydrogen-bond acceptors (Lipinski definition) is 2. The molecule has 1 atom stereocenters. The van der Waals surface area contributed by atoms with Gasteiger partial charge in [-0.25, -0.2) is 0 Å². The number of carbonyl (C=O) groups excluding carboxylic acids is 1. The Balaban J connectivity index is 1.79. The zero-order chi connectivity index (χ0) is 11.7. The van der Waals surface area contributed by atoms with Crippen LogP contribution in [-0.2, 0) is 0 Å². The Morgan fingerprint density at radius 2 is 2.12 bits per heavy atom. The Kier molecular flexibility index (Phi) is 2.98. The van der Waals surface area contributed by atoms with Gasteiger partial charge in [0.05, 0.1) is 0 Å². The van der Waals surface area contributed by atoms with Crippen LogP contribution in [0.1, 0.15) is 47.5 Å². The molecule has 0 aromatic heterocycles. The summed E-state index contributed by atoms with van der Waals surface area (Å²) < 4.78 is 0. The largest absolute Gasteiger partial charge is 0.316 e. The summed E-state index contributed by atoms with van der Waals surface area (Å²) in [7, 11) is 0. The highest BCUT2D eigenvalue weighted by Crippen LogP contribution is 2.36. The molecule has 0 bridgehead atoms. The van der Waals surface area contributed by atoms with Gasteiger partial charge in [-0.1, -0.05) is 24.6 Å². The van der Waals surface area contributed by atoms with Gasteiger partial charge in [0.15, 0.2) is 5.78 Å². The van der Waals surface area contributed by atoms with Gasteiger partial charge in [0, 0.05) is 18.0 Å². The van der Waals surface area contributed by atoms with Crippen molar-refractivity contribution in [1.82, 2.24) is 5.32 Å². The molecule has 1 aromatic rings. The first-order chi connectivity index (χ1) is 8.34. The molecule has 17 heavy (non-hydrogen) atoms. The predicted molar refractivity (Wildman–Crippen MR) is 68.3 cm³/mol. The first kappa shape index (κ1) is 11.0. The topological polar surface area (TPSA) is 29.1 Å². The maximum atomic E-state index is 12.3. The molecular formula is C15H19NO. The smallest absolute Gasteiger partial charge is 0.167 e. The molecule has 1 N–H and O–H groups in total. The van der Waals surface area contributed by atoms with E-state index in [1.54, 1.807) is 0 Å². The number of Topliss-reactive ketones (excluding diaryl/α,β-unsaturated/α-hetero) is 1. The molecule has 3 rings (SSSR count). The minimum atomic E-state index is 0.201. The molecule has 1 aliphatic carbocycles. The fraction of sp³-hybridized carbons (Fsp3) is 0.533. The van der Waals surface area contributed by atoms with Crippen LogP contribution in [0.4, 0.5) is 0 Å². The van der Waals surface area contributed by atoms with Gasteiger partial charge in [-0.2, -0.15) is 0 Å². The quantitative estimate of drug-likeness (QED) is 0.807. The zero-order valence-corrected chi connectivity index (χ0v) is 10.1. The molecule has 90 valence electrons. The summed E-state index contributed by atoms with van der Waals surface area (Å²) in [6.07, 6.45) is 4.92. The van der Waals surface area contributed by atoms with Gasteiger partial charge in [-0.15, -0.1) is 0 Å². The van der Waals surface area contributed by atoms with Crippen LogP contribution >= 0.6 is 0 Å². The Morgan fingerprint density at radius 3 is 2.76 bits per heavy atom. The van der Waals surface area contributed by atoms with Crippen molar-refractivity contribution in [3.63, 3.8) is 0 Å². The molecule has 0 radical (unpaired) electrons. The molecule has 1 heterocycles. The number of rotatable bonds is 3. The van der Waals surface area contributed by atoms with E-state index in [2.05, 4.69) is 17.4 Å². The second-order valence-corrected chi connectivity index (χ2v) is 5.31. The van der Waals surface area contributed by atoms with Gasteiger partial charge in [-0.3, -0.25) is 4.79 Å². The van der Waals surface area contributed by atoms with Crippen molar-refractivity contribution in [1.29, 1.82) is 0 Å². The molecule has 1 saturated carbocycles. The monoisotopic (exact) mass is 229 g/mol. The fourth-order valence-corrected chi connectivity index (χ4v) is 2.80. The van der Waals surface area contributed by atoms with Gasteiger partial charge in [0.1, 0.15) is 0 Å². The van der Waals surface area contributed by atoms with E-state index in [1.807, 2.05) is 12.1 Å². The highest BCUT2D eigenvalue weighted by molar-refractivity contribution is 5.98.